The highest BCUT2D eigenvalue weighted by Gasteiger charge is 2.35. The first-order chi connectivity index (χ1) is 18.2. The molecule has 2 aromatic carbocycles. The molecule has 2 aliphatic heterocycles. The number of piperidine rings is 1. The van der Waals surface area contributed by atoms with Gasteiger partial charge in [-0.15, -0.1) is 0 Å². The lowest BCUT2D eigenvalue weighted by molar-refractivity contribution is -0.135. The number of carbonyl (C=O) groups excluding carboxylic acids is 2. The molecule has 0 saturated carbocycles. The van der Waals surface area contributed by atoms with Crippen LogP contribution >= 0.6 is 0 Å². The van der Waals surface area contributed by atoms with Crippen LogP contribution in [0.4, 0.5) is 0 Å². The molecule has 0 radical (unpaired) electrons. The first-order valence-corrected chi connectivity index (χ1v) is 14.4. The van der Waals surface area contributed by atoms with Gasteiger partial charge in [0.25, 0.3) is 0 Å². The average Bonchev–Trinajstić information content (AvgIpc) is 3.38. The highest BCUT2D eigenvalue weighted by Crippen LogP contribution is 2.22. The number of nitrogens with one attached hydrogen (secondary N) is 3. The number of guanidine groups is 1. The van der Waals surface area contributed by atoms with Crippen molar-refractivity contribution in [1.29, 1.82) is 5.41 Å². The zero-order chi connectivity index (χ0) is 27.3. The van der Waals surface area contributed by atoms with Gasteiger partial charge in [0.2, 0.25) is 21.8 Å². The molecule has 2 aliphatic rings. The van der Waals surface area contributed by atoms with Crippen LogP contribution in [0.15, 0.2) is 47.4 Å². The smallest absolute Gasteiger partial charge is 0.243 e. The number of sulfonamides is 1. The van der Waals surface area contributed by atoms with E-state index in [-0.39, 0.29) is 35.3 Å². The molecule has 3 atom stereocenters. The van der Waals surface area contributed by atoms with Crippen molar-refractivity contribution in [1.82, 2.24) is 19.8 Å². The van der Waals surface area contributed by atoms with E-state index < -0.39 is 28.6 Å². The Balaban J connectivity index is 1.34. The molecule has 1 unspecified atom stereocenters. The van der Waals surface area contributed by atoms with Crippen molar-refractivity contribution in [2.24, 2.45) is 11.7 Å². The highest BCUT2D eigenvalue weighted by molar-refractivity contribution is 7.89. The standard InChI is InChI=1S/C26H36N6O5S/c27-26(28)31-11-3-5-18(16-31)13-24(34)29-15-21-8-4-12-32(21)25(35)23(17-33)30-38(36,37)22-10-9-19-6-1-2-7-20(19)14-22/h1-2,6-7,9-10,14,18,21,23,30,33H,3-5,8,11-13,15-17H2,(H3,27,28)(H,29,34)/t18?,21-,23-/m0/s1. The zero-order valence-corrected chi connectivity index (χ0v) is 22.1. The molecular formula is C26H36N6O5S. The Labute approximate surface area is 222 Å². The third kappa shape index (κ3) is 6.61. The molecule has 2 amide bonds. The average molecular weight is 545 g/mol. The molecule has 6 N–H and O–H groups in total. The number of nitrogens with two attached hydrogens (primary N) is 1. The maximum absolute atomic E-state index is 13.3. The van der Waals surface area contributed by atoms with E-state index in [1.165, 1.54) is 12.1 Å². The summed E-state index contributed by atoms with van der Waals surface area (Å²) in [5.41, 5.74) is 5.59. The minimum absolute atomic E-state index is 0.0127. The Hall–Kier alpha value is -3.22. The Morgan fingerprint density at radius 2 is 1.84 bits per heavy atom. The van der Waals surface area contributed by atoms with Crippen LogP contribution in [-0.2, 0) is 19.6 Å². The van der Waals surface area contributed by atoms with Gasteiger partial charge in [0, 0.05) is 38.6 Å². The Morgan fingerprint density at radius 1 is 1.11 bits per heavy atom. The van der Waals surface area contributed by atoms with Gasteiger partial charge >= 0.3 is 0 Å². The minimum Gasteiger partial charge on any atom is -0.394 e. The first-order valence-electron chi connectivity index (χ1n) is 13.0. The first kappa shape index (κ1) is 27.8. The van der Waals surface area contributed by atoms with Gasteiger partial charge in [0.15, 0.2) is 5.96 Å². The highest BCUT2D eigenvalue weighted by atomic mass is 32.2. The SMILES string of the molecule is N=C(N)N1CCCC(CC(=O)NC[C@@H]2CCCN2C(=O)[C@H](CO)NS(=O)(=O)c2ccc3ccccc3c2)C1. The maximum atomic E-state index is 13.3. The van der Waals surface area contributed by atoms with Crippen LogP contribution in [0.3, 0.4) is 0 Å². The summed E-state index contributed by atoms with van der Waals surface area (Å²) in [4.78, 5) is 29.2. The molecule has 4 rings (SSSR count). The van der Waals surface area contributed by atoms with Crippen molar-refractivity contribution >= 4 is 38.6 Å². The molecular weight excluding hydrogens is 508 g/mol. The van der Waals surface area contributed by atoms with E-state index in [9.17, 15) is 23.1 Å². The van der Waals surface area contributed by atoms with Gasteiger partial charge in [-0.25, -0.2) is 8.42 Å². The Kier molecular flexibility index (Phi) is 8.85. The topological polar surface area (TPSA) is 169 Å². The summed E-state index contributed by atoms with van der Waals surface area (Å²) < 4.78 is 28.4. The van der Waals surface area contributed by atoms with Crippen LogP contribution in [0, 0.1) is 11.3 Å². The summed E-state index contributed by atoms with van der Waals surface area (Å²) in [6.07, 6.45) is 3.47. The molecule has 38 heavy (non-hydrogen) atoms. The molecule has 2 heterocycles. The van der Waals surface area contributed by atoms with Crippen molar-refractivity contribution in [2.45, 2.75) is 49.1 Å². The van der Waals surface area contributed by atoms with Gasteiger partial charge in [0.05, 0.1) is 11.5 Å². The van der Waals surface area contributed by atoms with Crippen molar-refractivity contribution in [3.8, 4) is 0 Å². The number of aliphatic hydroxyl groups is 1. The number of amides is 2. The maximum Gasteiger partial charge on any atom is 0.243 e. The molecule has 206 valence electrons. The van der Waals surface area contributed by atoms with Crippen molar-refractivity contribution < 1.29 is 23.1 Å². The van der Waals surface area contributed by atoms with E-state index in [2.05, 4.69) is 10.0 Å². The number of aliphatic hydroxyl groups excluding tert-OH is 1. The second-order valence-electron chi connectivity index (χ2n) is 10.0. The van der Waals surface area contributed by atoms with E-state index in [0.29, 0.717) is 25.9 Å². The van der Waals surface area contributed by atoms with Gasteiger partial charge < -0.3 is 26.0 Å². The minimum atomic E-state index is -4.06. The lowest BCUT2D eigenvalue weighted by atomic mass is 9.94. The van der Waals surface area contributed by atoms with E-state index in [1.807, 2.05) is 18.2 Å². The van der Waals surface area contributed by atoms with Gasteiger partial charge in [-0.1, -0.05) is 30.3 Å². The monoisotopic (exact) mass is 544 g/mol. The van der Waals surface area contributed by atoms with E-state index in [1.54, 1.807) is 21.9 Å². The second kappa shape index (κ2) is 12.1. The normalized spacial score (nSPS) is 20.9. The van der Waals surface area contributed by atoms with E-state index in [4.69, 9.17) is 11.1 Å². The number of fused-ring (bicyclic) bond motifs is 1. The molecule has 2 aromatic rings. The fourth-order valence-electron chi connectivity index (χ4n) is 5.31. The van der Waals surface area contributed by atoms with Crippen molar-refractivity contribution in [3.63, 3.8) is 0 Å². The molecule has 0 bridgehead atoms. The van der Waals surface area contributed by atoms with Crippen LogP contribution < -0.4 is 15.8 Å². The molecule has 0 aromatic heterocycles. The van der Waals surface area contributed by atoms with E-state index in [0.717, 1.165) is 36.6 Å². The summed E-state index contributed by atoms with van der Waals surface area (Å²) in [6, 6.07) is 10.4. The summed E-state index contributed by atoms with van der Waals surface area (Å²) in [6.45, 7) is 1.29. The molecule has 2 saturated heterocycles. The van der Waals surface area contributed by atoms with Crippen LogP contribution in [0.25, 0.3) is 10.8 Å². The third-order valence-electron chi connectivity index (χ3n) is 7.34. The summed E-state index contributed by atoms with van der Waals surface area (Å²) in [5.74, 6) is -0.518. The fraction of sp³-hybridized carbons (Fsp3) is 0.500. The molecule has 12 heteroatoms. The quantitative estimate of drug-likeness (QED) is 0.227. The largest absolute Gasteiger partial charge is 0.394 e. The molecule has 0 aliphatic carbocycles. The number of rotatable bonds is 9. The van der Waals surface area contributed by atoms with Crippen molar-refractivity contribution in [3.05, 3.63) is 42.5 Å². The van der Waals surface area contributed by atoms with Crippen LogP contribution in [-0.4, -0.2) is 86.0 Å². The van der Waals surface area contributed by atoms with Crippen LogP contribution in [0.1, 0.15) is 32.1 Å². The predicted octanol–water partition coefficient (Wildman–Crippen LogP) is 0.582. The number of carbonyl (C=O) groups is 2. The van der Waals surface area contributed by atoms with Crippen molar-refractivity contribution in [2.75, 3.05) is 32.8 Å². The molecule has 2 fully saturated rings. The summed E-state index contributed by atoms with van der Waals surface area (Å²) >= 11 is 0. The lowest BCUT2D eigenvalue weighted by Gasteiger charge is -2.33. The summed E-state index contributed by atoms with van der Waals surface area (Å²) in [5, 5.41) is 22.1. The van der Waals surface area contributed by atoms with Gasteiger partial charge in [-0.05, 0) is 54.5 Å². The molecule has 11 nitrogen and oxygen atoms in total. The Morgan fingerprint density at radius 3 is 2.58 bits per heavy atom. The zero-order valence-electron chi connectivity index (χ0n) is 21.3. The Bertz CT molecular complexity index is 1290. The number of hydrogen-bond donors (Lipinski definition) is 5. The summed E-state index contributed by atoms with van der Waals surface area (Å²) in [7, 11) is -4.06. The molecule has 0 spiro atoms. The number of hydrogen-bond acceptors (Lipinski definition) is 6. The fourth-order valence-corrected chi connectivity index (χ4v) is 6.53. The number of nitrogens with zero attached hydrogens (tertiary/aromatic N) is 2. The predicted molar refractivity (Wildman–Crippen MR) is 144 cm³/mol. The van der Waals surface area contributed by atoms with E-state index >= 15 is 0 Å². The second-order valence-corrected chi connectivity index (χ2v) is 11.8. The van der Waals surface area contributed by atoms with Crippen LogP contribution in [0.2, 0.25) is 0 Å². The van der Waals surface area contributed by atoms with Crippen LogP contribution in [0.5, 0.6) is 0 Å². The number of benzene rings is 2. The number of likely N-dealkylation sites (tertiary alicyclic amines) is 2. The van der Waals surface area contributed by atoms with Gasteiger partial charge in [-0.2, -0.15) is 4.72 Å². The lowest BCUT2D eigenvalue weighted by Crippen LogP contribution is -2.53. The third-order valence-corrected chi connectivity index (χ3v) is 8.81. The van der Waals surface area contributed by atoms with Gasteiger partial charge in [-0.3, -0.25) is 15.0 Å². The van der Waals surface area contributed by atoms with Gasteiger partial charge in [0.1, 0.15) is 6.04 Å².